The van der Waals surface area contributed by atoms with Gasteiger partial charge in [-0.15, -0.1) is 6.58 Å². The Hall–Kier alpha value is -2.71. The molecule has 6 atom stereocenters. The summed E-state index contributed by atoms with van der Waals surface area (Å²) in [5.74, 6) is -2.61. The van der Waals surface area contributed by atoms with E-state index in [-0.39, 0.29) is 30.4 Å². The van der Waals surface area contributed by atoms with Crippen molar-refractivity contribution in [2.45, 2.75) is 96.6 Å². The molecule has 2 bridgehead atoms. The van der Waals surface area contributed by atoms with Gasteiger partial charge in [0.15, 0.2) is 0 Å². The molecule has 8 nitrogen and oxygen atoms in total. The molecule has 4 rings (SSSR count). The summed E-state index contributed by atoms with van der Waals surface area (Å²) in [5, 5.41) is 10.6. The molecule has 3 fully saturated rings. The lowest BCUT2D eigenvalue weighted by atomic mass is 9.70. The third kappa shape index (κ3) is 5.32. The number of hydrogen-bond acceptors (Lipinski definition) is 6. The average Bonchev–Trinajstić information content (AvgIpc) is 3.52. The Morgan fingerprint density at radius 1 is 1.25 bits per heavy atom. The minimum atomic E-state index is -1.16. The van der Waals surface area contributed by atoms with Crippen molar-refractivity contribution in [2.24, 2.45) is 17.3 Å². The first kappa shape index (κ1) is 30.3. The van der Waals surface area contributed by atoms with E-state index < -0.39 is 47.1 Å². The topological polar surface area (TPSA) is 96.4 Å². The highest BCUT2D eigenvalue weighted by atomic mass is 16.6. The summed E-state index contributed by atoms with van der Waals surface area (Å²) in [6, 6.07) is 7.98. The molecule has 2 amide bonds. The van der Waals surface area contributed by atoms with Crippen LogP contribution in [0.5, 0.6) is 0 Å². The van der Waals surface area contributed by atoms with Crippen molar-refractivity contribution in [3.05, 3.63) is 48.6 Å². The minimum absolute atomic E-state index is 0.0620. The number of ether oxygens (including phenoxy) is 2. The number of amides is 2. The first-order valence-electron chi connectivity index (χ1n) is 14.5. The van der Waals surface area contributed by atoms with Crippen LogP contribution in [-0.2, 0) is 30.3 Å². The number of likely N-dealkylation sites (tertiary alicyclic amines) is 1. The zero-order valence-electron chi connectivity index (χ0n) is 24.9. The Morgan fingerprint density at radius 3 is 2.50 bits per heavy atom. The molecule has 1 aromatic rings. The normalized spacial score (nSPS) is 28.4. The predicted octanol–water partition coefficient (Wildman–Crippen LogP) is 3.76. The van der Waals surface area contributed by atoms with Gasteiger partial charge in [0, 0.05) is 12.1 Å². The van der Waals surface area contributed by atoms with Gasteiger partial charge in [0.25, 0.3) is 0 Å². The number of carbonyl (C=O) groups is 3. The lowest BCUT2D eigenvalue weighted by Crippen LogP contribution is -2.62. The number of nitrogens with zero attached hydrogens (tertiary/aromatic N) is 2. The van der Waals surface area contributed by atoms with Gasteiger partial charge in [0.05, 0.1) is 37.2 Å². The molecule has 2 unspecified atom stereocenters. The van der Waals surface area contributed by atoms with Crippen LogP contribution in [0, 0.1) is 17.3 Å². The lowest BCUT2D eigenvalue weighted by Gasteiger charge is -2.46. The van der Waals surface area contributed by atoms with Crippen LogP contribution in [0.4, 0.5) is 0 Å². The Labute approximate surface area is 238 Å². The number of rotatable bonds is 11. The monoisotopic (exact) mass is 554 g/mol. The van der Waals surface area contributed by atoms with Gasteiger partial charge in [-0.25, -0.2) is 0 Å². The van der Waals surface area contributed by atoms with Gasteiger partial charge in [-0.1, -0.05) is 57.2 Å². The number of fused-ring (bicyclic) bond motifs is 1. The van der Waals surface area contributed by atoms with Crippen LogP contribution in [0.2, 0.25) is 0 Å². The highest BCUT2D eigenvalue weighted by molar-refractivity contribution is 5.98. The number of aliphatic hydroxyl groups excluding tert-OH is 1. The summed E-state index contributed by atoms with van der Waals surface area (Å²) in [6.45, 7) is 16.3. The first-order valence-corrected chi connectivity index (χ1v) is 14.5. The number of aliphatic hydroxyl groups is 1. The Balaban J connectivity index is 1.82. The molecule has 1 spiro atoms. The third-order valence-corrected chi connectivity index (χ3v) is 8.72. The lowest BCUT2D eigenvalue weighted by molar-refractivity contribution is -0.157. The predicted molar refractivity (Wildman–Crippen MR) is 152 cm³/mol. The van der Waals surface area contributed by atoms with E-state index in [2.05, 4.69) is 27.4 Å². The second kappa shape index (κ2) is 11.3. The smallest absolute Gasteiger partial charge is 0.312 e. The maximum atomic E-state index is 14.8. The molecule has 0 aliphatic carbocycles. The fourth-order valence-electron chi connectivity index (χ4n) is 7.71. The van der Waals surface area contributed by atoms with Crippen LogP contribution < -0.4 is 0 Å². The summed E-state index contributed by atoms with van der Waals surface area (Å²) in [7, 11) is 0. The van der Waals surface area contributed by atoms with Crippen molar-refractivity contribution in [3.8, 4) is 0 Å². The van der Waals surface area contributed by atoms with Crippen LogP contribution in [0.25, 0.3) is 0 Å². The number of hydrogen-bond donors (Lipinski definition) is 1. The molecule has 3 aliphatic rings. The van der Waals surface area contributed by atoms with E-state index in [1.54, 1.807) is 22.8 Å². The summed E-state index contributed by atoms with van der Waals surface area (Å²) >= 11 is 0. The fraction of sp³-hybridized carbons (Fsp3) is 0.656. The highest BCUT2D eigenvalue weighted by Crippen LogP contribution is 2.59. The van der Waals surface area contributed by atoms with Gasteiger partial charge in [-0.2, -0.15) is 0 Å². The molecule has 1 N–H and O–H groups in total. The number of carbonyl (C=O) groups excluding carboxylic acids is 3. The van der Waals surface area contributed by atoms with Crippen molar-refractivity contribution in [2.75, 3.05) is 19.8 Å². The number of benzene rings is 1. The van der Waals surface area contributed by atoms with Crippen LogP contribution in [0.15, 0.2) is 43.0 Å². The van der Waals surface area contributed by atoms with Crippen LogP contribution in [-0.4, -0.2) is 81.8 Å². The van der Waals surface area contributed by atoms with Gasteiger partial charge in [-0.05, 0) is 57.4 Å². The largest absolute Gasteiger partial charge is 0.466 e. The Kier molecular flexibility index (Phi) is 8.53. The van der Waals surface area contributed by atoms with E-state index in [0.29, 0.717) is 25.8 Å². The quantitative estimate of drug-likeness (QED) is 0.331. The zero-order valence-corrected chi connectivity index (χ0v) is 24.9. The van der Waals surface area contributed by atoms with Crippen molar-refractivity contribution < 1.29 is 29.0 Å². The molecule has 220 valence electrons. The molecule has 0 aromatic heterocycles. The molecule has 0 saturated carbocycles. The second-order valence-corrected chi connectivity index (χ2v) is 13.4. The number of esters is 1. The molecule has 3 saturated heterocycles. The molecule has 8 heteroatoms. The van der Waals surface area contributed by atoms with E-state index in [4.69, 9.17) is 9.47 Å². The summed E-state index contributed by atoms with van der Waals surface area (Å²) in [5.41, 5.74) is -0.832. The van der Waals surface area contributed by atoms with Crippen LogP contribution in [0.1, 0.15) is 66.4 Å². The Bertz CT molecular complexity index is 1110. The fourth-order valence-corrected chi connectivity index (χ4v) is 7.71. The van der Waals surface area contributed by atoms with Crippen molar-refractivity contribution in [1.29, 1.82) is 0 Å². The van der Waals surface area contributed by atoms with E-state index in [1.807, 2.05) is 44.2 Å². The van der Waals surface area contributed by atoms with Crippen molar-refractivity contribution in [1.82, 2.24) is 9.80 Å². The van der Waals surface area contributed by atoms with Gasteiger partial charge in [0.1, 0.15) is 11.6 Å². The first-order chi connectivity index (χ1) is 18.8. The molecule has 3 heterocycles. The zero-order chi connectivity index (χ0) is 29.5. The van der Waals surface area contributed by atoms with Gasteiger partial charge >= 0.3 is 5.97 Å². The van der Waals surface area contributed by atoms with Gasteiger partial charge in [0.2, 0.25) is 11.8 Å². The standard InChI is InChI=1S/C32H46N2O6/c1-8-17-33(31(6,7)20-30(3,4)5)28(37)26-32-16-15-23(40-32)24(29(38)39-9-2)25(32)27(36)34(26)22(19-35)18-21-13-11-10-12-14-21/h8,10-14,22-26,35H,1,9,15-20H2,2-7H3/t22-,23+,24-,25+,26?,32?/m1/s1. The van der Waals surface area contributed by atoms with Crippen molar-refractivity contribution in [3.63, 3.8) is 0 Å². The Morgan fingerprint density at radius 2 is 1.93 bits per heavy atom. The van der Waals surface area contributed by atoms with E-state index in [0.717, 1.165) is 12.0 Å². The molecule has 1 aromatic carbocycles. The van der Waals surface area contributed by atoms with Gasteiger partial charge in [-0.3, -0.25) is 14.4 Å². The average molecular weight is 555 g/mol. The molecule has 3 aliphatic heterocycles. The SMILES string of the molecule is C=CCN(C(=O)C1N([C@@H](CO)Cc2ccccc2)C(=O)[C@@H]2[C@H](C(=O)OCC)[C@@H]3CCC12O3)C(C)(C)CC(C)(C)C. The summed E-state index contributed by atoms with van der Waals surface area (Å²) < 4.78 is 12.0. The minimum Gasteiger partial charge on any atom is -0.466 e. The van der Waals surface area contributed by atoms with E-state index >= 15 is 0 Å². The molecule has 0 radical (unpaired) electrons. The second-order valence-electron chi connectivity index (χ2n) is 13.4. The third-order valence-electron chi connectivity index (χ3n) is 8.72. The van der Waals surface area contributed by atoms with Crippen LogP contribution >= 0.6 is 0 Å². The van der Waals surface area contributed by atoms with E-state index in [1.165, 1.54) is 0 Å². The highest BCUT2D eigenvalue weighted by Gasteiger charge is 2.75. The molecule has 40 heavy (non-hydrogen) atoms. The summed E-state index contributed by atoms with van der Waals surface area (Å²) in [6.07, 6.45) is 3.39. The van der Waals surface area contributed by atoms with Crippen LogP contribution in [0.3, 0.4) is 0 Å². The summed E-state index contributed by atoms with van der Waals surface area (Å²) in [4.78, 5) is 45.7. The van der Waals surface area contributed by atoms with Crippen molar-refractivity contribution >= 4 is 17.8 Å². The maximum Gasteiger partial charge on any atom is 0.312 e. The molecular weight excluding hydrogens is 508 g/mol. The van der Waals surface area contributed by atoms with Gasteiger partial charge < -0.3 is 24.4 Å². The van der Waals surface area contributed by atoms with E-state index in [9.17, 15) is 19.5 Å². The maximum absolute atomic E-state index is 14.8. The molecular formula is C32H46N2O6.